The van der Waals surface area contributed by atoms with E-state index in [2.05, 4.69) is 10.1 Å². The summed E-state index contributed by atoms with van der Waals surface area (Å²) < 4.78 is 72.8. The molecular formula is C24H24F3N3O6S. The van der Waals surface area contributed by atoms with Crippen LogP contribution in [0.15, 0.2) is 72.8 Å². The second-order valence-corrected chi connectivity index (χ2v) is 9.86. The highest BCUT2D eigenvalue weighted by molar-refractivity contribution is 7.92. The van der Waals surface area contributed by atoms with Gasteiger partial charge >= 0.3 is 6.36 Å². The predicted molar refractivity (Wildman–Crippen MR) is 130 cm³/mol. The van der Waals surface area contributed by atoms with E-state index in [1.54, 1.807) is 24.3 Å². The smallest absolute Gasteiger partial charge is 0.457 e. The van der Waals surface area contributed by atoms with E-state index >= 15 is 0 Å². The third-order valence-electron chi connectivity index (χ3n) is 4.99. The molecule has 3 aromatic rings. The van der Waals surface area contributed by atoms with Crippen LogP contribution in [0.25, 0.3) is 0 Å². The van der Waals surface area contributed by atoms with Crippen molar-refractivity contribution in [2.24, 2.45) is 0 Å². The number of nitrogens with one attached hydrogen (secondary N) is 2. The molecule has 0 bridgehead atoms. The monoisotopic (exact) mass is 539 g/mol. The van der Waals surface area contributed by atoms with Gasteiger partial charge in [-0.3, -0.25) is 14.3 Å². The molecule has 3 rings (SSSR count). The number of anilines is 2. The fraction of sp³-hybridized carbons (Fsp3) is 0.208. The highest BCUT2D eigenvalue weighted by atomic mass is 32.2. The zero-order valence-corrected chi connectivity index (χ0v) is 20.5. The van der Waals surface area contributed by atoms with Crippen molar-refractivity contribution in [2.45, 2.75) is 19.3 Å². The Kier molecular flexibility index (Phi) is 8.50. The van der Waals surface area contributed by atoms with E-state index in [4.69, 9.17) is 9.94 Å². The molecule has 0 fully saturated rings. The summed E-state index contributed by atoms with van der Waals surface area (Å²) in [4.78, 5) is 12.3. The van der Waals surface area contributed by atoms with Crippen molar-refractivity contribution in [3.05, 3.63) is 78.4 Å². The zero-order chi connectivity index (χ0) is 27.2. The van der Waals surface area contributed by atoms with Gasteiger partial charge in [-0.1, -0.05) is 17.7 Å². The first-order valence-electron chi connectivity index (χ1n) is 10.7. The summed E-state index contributed by atoms with van der Waals surface area (Å²) in [6, 6.07) is 16.6. The predicted octanol–water partition coefficient (Wildman–Crippen LogP) is 4.44. The average molecular weight is 540 g/mol. The standard InChI is InChI=1S/C24H24F3N3O6S/c1-16-3-9-19(10-4-16)35-20-13-7-18(8-14-20)30(37(2,33)34)15-22(23(31)29-32)28-17-5-11-21(12-6-17)36-24(25,26)27/h3-14,22,28,32H,15H2,1-2H3,(H,29,31)/t22-/m0/s1. The van der Waals surface area contributed by atoms with E-state index in [9.17, 15) is 26.4 Å². The number of sulfonamides is 1. The average Bonchev–Trinajstić information content (AvgIpc) is 2.83. The van der Waals surface area contributed by atoms with Crippen LogP contribution in [0.2, 0.25) is 0 Å². The Labute approximate surface area is 211 Å². The second kappa shape index (κ2) is 11.4. The Balaban J connectivity index is 1.79. The first-order chi connectivity index (χ1) is 17.3. The van der Waals surface area contributed by atoms with E-state index in [1.807, 2.05) is 19.1 Å². The molecule has 1 atom stereocenters. The molecule has 3 N–H and O–H groups in total. The van der Waals surface area contributed by atoms with Crippen molar-refractivity contribution in [1.82, 2.24) is 5.48 Å². The van der Waals surface area contributed by atoms with E-state index in [1.165, 1.54) is 29.7 Å². The lowest BCUT2D eigenvalue weighted by Crippen LogP contribution is -2.48. The number of hydrogen-bond acceptors (Lipinski definition) is 7. The lowest BCUT2D eigenvalue weighted by Gasteiger charge is -2.27. The van der Waals surface area contributed by atoms with Gasteiger partial charge in [0.15, 0.2) is 0 Å². The van der Waals surface area contributed by atoms with Gasteiger partial charge in [0.1, 0.15) is 23.3 Å². The van der Waals surface area contributed by atoms with Gasteiger partial charge in [0.25, 0.3) is 5.91 Å². The number of carbonyl (C=O) groups excluding carboxylic acids is 1. The molecule has 0 aromatic heterocycles. The molecule has 0 saturated heterocycles. The number of hydroxylamine groups is 1. The summed E-state index contributed by atoms with van der Waals surface area (Å²) in [6.07, 6.45) is -3.92. The Morgan fingerprint density at radius 1 is 0.946 bits per heavy atom. The number of amides is 1. The molecule has 3 aromatic carbocycles. The van der Waals surface area contributed by atoms with Crippen LogP contribution < -0.4 is 24.6 Å². The number of halogens is 3. The van der Waals surface area contributed by atoms with Gasteiger partial charge < -0.3 is 14.8 Å². The molecule has 37 heavy (non-hydrogen) atoms. The Morgan fingerprint density at radius 2 is 1.46 bits per heavy atom. The summed E-state index contributed by atoms with van der Waals surface area (Å²) in [6.45, 7) is 1.49. The molecule has 9 nitrogen and oxygen atoms in total. The maximum Gasteiger partial charge on any atom is 0.573 e. The first kappa shape index (κ1) is 27.6. The number of carbonyl (C=O) groups is 1. The molecule has 0 unspecified atom stereocenters. The Hall–Kier alpha value is -3.97. The minimum Gasteiger partial charge on any atom is -0.457 e. The van der Waals surface area contributed by atoms with E-state index in [0.717, 1.165) is 28.3 Å². The molecule has 0 aliphatic carbocycles. The van der Waals surface area contributed by atoms with Gasteiger partial charge in [-0.15, -0.1) is 13.2 Å². The number of nitrogens with zero attached hydrogens (tertiary/aromatic N) is 1. The van der Waals surface area contributed by atoms with Crippen LogP contribution in [0.5, 0.6) is 17.2 Å². The number of rotatable bonds is 10. The molecule has 0 spiro atoms. The number of hydrogen-bond donors (Lipinski definition) is 3. The largest absolute Gasteiger partial charge is 0.573 e. The third kappa shape index (κ3) is 8.29. The van der Waals surface area contributed by atoms with Gasteiger partial charge in [-0.2, -0.15) is 0 Å². The molecule has 0 aliphatic heterocycles. The fourth-order valence-corrected chi connectivity index (χ4v) is 4.17. The summed E-state index contributed by atoms with van der Waals surface area (Å²) in [5.74, 6) is -0.408. The molecule has 13 heteroatoms. The maximum atomic E-state index is 12.6. The molecule has 1 amide bonds. The van der Waals surface area contributed by atoms with Crippen molar-refractivity contribution in [1.29, 1.82) is 0 Å². The van der Waals surface area contributed by atoms with Crippen molar-refractivity contribution in [3.8, 4) is 17.2 Å². The van der Waals surface area contributed by atoms with Crippen LogP contribution in [0, 0.1) is 6.92 Å². The van der Waals surface area contributed by atoms with Gasteiger partial charge in [-0.25, -0.2) is 13.9 Å². The minimum absolute atomic E-state index is 0.179. The summed E-state index contributed by atoms with van der Waals surface area (Å²) >= 11 is 0. The summed E-state index contributed by atoms with van der Waals surface area (Å²) in [5.41, 5.74) is 2.91. The lowest BCUT2D eigenvalue weighted by molar-refractivity contribution is -0.274. The quantitative estimate of drug-likeness (QED) is 0.258. The van der Waals surface area contributed by atoms with E-state index in [-0.39, 0.29) is 11.4 Å². The molecule has 0 radical (unpaired) electrons. The number of benzene rings is 3. The van der Waals surface area contributed by atoms with Crippen LogP contribution in [0.1, 0.15) is 5.56 Å². The molecule has 0 aliphatic rings. The van der Waals surface area contributed by atoms with Crippen LogP contribution in [-0.4, -0.2) is 44.7 Å². The van der Waals surface area contributed by atoms with Gasteiger partial charge in [0.2, 0.25) is 10.0 Å². The normalized spacial score (nSPS) is 12.4. The number of aryl methyl sites for hydroxylation is 1. The minimum atomic E-state index is -4.87. The van der Waals surface area contributed by atoms with E-state index in [0.29, 0.717) is 11.5 Å². The SMILES string of the molecule is Cc1ccc(Oc2ccc(N(C[C@H](Nc3ccc(OC(F)(F)F)cc3)C(=O)NO)S(C)(=O)=O)cc2)cc1. The Morgan fingerprint density at radius 3 is 1.95 bits per heavy atom. The maximum absolute atomic E-state index is 12.6. The van der Waals surface area contributed by atoms with Crippen molar-refractivity contribution >= 4 is 27.3 Å². The van der Waals surface area contributed by atoms with E-state index < -0.39 is 40.6 Å². The van der Waals surface area contributed by atoms with Crippen LogP contribution in [0.3, 0.4) is 0 Å². The molecule has 0 heterocycles. The van der Waals surface area contributed by atoms with Crippen LogP contribution >= 0.6 is 0 Å². The van der Waals surface area contributed by atoms with Crippen molar-refractivity contribution in [2.75, 3.05) is 22.4 Å². The van der Waals surface area contributed by atoms with Crippen molar-refractivity contribution < 1.29 is 41.1 Å². The zero-order valence-electron chi connectivity index (χ0n) is 19.7. The van der Waals surface area contributed by atoms with Crippen LogP contribution in [0.4, 0.5) is 24.5 Å². The fourth-order valence-electron chi connectivity index (χ4n) is 3.25. The molecule has 0 saturated carbocycles. The highest BCUT2D eigenvalue weighted by Crippen LogP contribution is 2.27. The van der Waals surface area contributed by atoms with Crippen LogP contribution in [-0.2, 0) is 14.8 Å². The second-order valence-electron chi connectivity index (χ2n) is 7.95. The van der Waals surface area contributed by atoms with Gasteiger partial charge in [0, 0.05) is 5.69 Å². The topological polar surface area (TPSA) is 117 Å². The molecule has 198 valence electrons. The summed E-state index contributed by atoms with van der Waals surface area (Å²) in [5, 5.41) is 11.9. The number of ether oxygens (including phenoxy) is 2. The highest BCUT2D eigenvalue weighted by Gasteiger charge is 2.31. The van der Waals surface area contributed by atoms with Crippen molar-refractivity contribution in [3.63, 3.8) is 0 Å². The molecular weight excluding hydrogens is 515 g/mol. The summed E-state index contributed by atoms with van der Waals surface area (Å²) in [7, 11) is -3.90. The first-order valence-corrected chi connectivity index (χ1v) is 12.6. The number of alkyl halides is 3. The van der Waals surface area contributed by atoms with Gasteiger partial charge in [0.05, 0.1) is 18.5 Å². The lowest BCUT2D eigenvalue weighted by atomic mass is 10.2. The van der Waals surface area contributed by atoms with Gasteiger partial charge in [-0.05, 0) is 67.6 Å². The third-order valence-corrected chi connectivity index (χ3v) is 6.15. The Bertz CT molecular complexity index is 1300.